The molecule has 0 unspecified atom stereocenters. The molecule has 212 valence electrons. The predicted octanol–water partition coefficient (Wildman–Crippen LogP) is 5.36. The fraction of sp³-hybridized carbons (Fsp3) is 0.414. The molecule has 0 atom stereocenters. The molecule has 1 aliphatic carbocycles. The monoisotopic (exact) mass is 553 g/mol. The third-order valence-electron chi connectivity index (χ3n) is 7.40. The normalized spacial score (nSPS) is 15.0. The van der Waals surface area contributed by atoms with Gasteiger partial charge in [0.25, 0.3) is 5.91 Å². The zero-order valence-corrected chi connectivity index (χ0v) is 25.1. The third-order valence-corrected chi connectivity index (χ3v) is 7.82. The Kier molecular flexibility index (Phi) is 9.47. The Bertz CT molecular complexity index is 1280. The number of allylic oxidation sites excluding steroid dienone is 2. The van der Waals surface area contributed by atoms with Crippen molar-refractivity contribution in [1.82, 2.24) is 5.01 Å². The maximum Gasteiger partial charge on any atom is 0.255 e. The van der Waals surface area contributed by atoms with Gasteiger partial charge < -0.3 is 25.5 Å². The van der Waals surface area contributed by atoms with Crippen LogP contribution in [0.4, 0.5) is 17.1 Å². The largest absolute Gasteiger partial charge is 0.492 e. The molecule has 1 aliphatic rings. The maximum absolute atomic E-state index is 13.5. The number of anilines is 3. The Morgan fingerprint density at radius 2 is 1.79 bits per heavy atom. The van der Waals surface area contributed by atoms with Gasteiger partial charge in [0, 0.05) is 29.8 Å². The first-order valence-corrected chi connectivity index (χ1v) is 14.2. The number of nitrogens with two attached hydrogens (primary N) is 3. The molecular weight excluding hydrogens is 510 g/mol. The maximum atomic E-state index is 13.5. The molecule has 8 N–H and O–H groups in total. The average Bonchev–Trinajstić information content (AvgIpc) is 3.65. The van der Waals surface area contributed by atoms with Crippen LogP contribution in [0.1, 0.15) is 68.9 Å². The number of nitrogens with one attached hydrogen (secondary N) is 2. The molecule has 1 saturated carbocycles. The van der Waals surface area contributed by atoms with Crippen LogP contribution in [0.3, 0.4) is 0 Å². The van der Waals surface area contributed by atoms with Gasteiger partial charge in [0.2, 0.25) is 0 Å². The Balaban J connectivity index is 1.92. The summed E-state index contributed by atoms with van der Waals surface area (Å²) in [6.07, 6.45) is 5.82. The van der Waals surface area contributed by atoms with Crippen molar-refractivity contribution in [2.75, 3.05) is 28.4 Å². The van der Waals surface area contributed by atoms with Crippen LogP contribution in [0.5, 0.6) is 5.75 Å². The van der Waals surface area contributed by atoms with Crippen LogP contribution in [-0.4, -0.2) is 30.3 Å². The van der Waals surface area contributed by atoms with E-state index in [-0.39, 0.29) is 17.4 Å². The van der Waals surface area contributed by atoms with Crippen molar-refractivity contribution in [2.24, 2.45) is 17.4 Å². The molecule has 1 amide bonds. The smallest absolute Gasteiger partial charge is 0.255 e. The van der Waals surface area contributed by atoms with Crippen LogP contribution >= 0.6 is 11.9 Å². The molecule has 0 aromatic heterocycles. The third kappa shape index (κ3) is 6.81. The van der Waals surface area contributed by atoms with Crippen molar-refractivity contribution in [1.29, 1.82) is 0 Å². The summed E-state index contributed by atoms with van der Waals surface area (Å²) in [7, 11) is 1.60. The Morgan fingerprint density at radius 3 is 2.36 bits per heavy atom. The van der Waals surface area contributed by atoms with E-state index in [0.717, 1.165) is 35.4 Å². The molecule has 2 aromatic rings. The van der Waals surface area contributed by atoms with Gasteiger partial charge in [-0.3, -0.25) is 9.80 Å². The van der Waals surface area contributed by atoms with Crippen LogP contribution in [0.15, 0.2) is 53.5 Å². The highest BCUT2D eigenvalue weighted by Gasteiger charge is 2.40. The van der Waals surface area contributed by atoms with E-state index in [2.05, 4.69) is 23.0 Å². The fourth-order valence-corrected chi connectivity index (χ4v) is 4.65. The molecule has 39 heavy (non-hydrogen) atoms. The molecule has 2 aromatic carbocycles. The minimum absolute atomic E-state index is 0.116. The number of benzene rings is 2. The van der Waals surface area contributed by atoms with E-state index in [9.17, 15) is 4.79 Å². The lowest BCUT2D eigenvalue weighted by Crippen LogP contribution is -2.36. The summed E-state index contributed by atoms with van der Waals surface area (Å²) in [4.78, 5) is 13.5. The molecule has 0 radical (unpaired) electrons. The van der Waals surface area contributed by atoms with Crippen molar-refractivity contribution in [3.63, 3.8) is 0 Å². The molecule has 0 spiro atoms. The van der Waals surface area contributed by atoms with Crippen molar-refractivity contribution < 1.29 is 9.53 Å². The number of rotatable bonds is 11. The van der Waals surface area contributed by atoms with Gasteiger partial charge in [-0.1, -0.05) is 24.9 Å². The first-order valence-electron chi connectivity index (χ1n) is 13.0. The van der Waals surface area contributed by atoms with Crippen LogP contribution in [-0.2, 0) is 5.41 Å². The van der Waals surface area contributed by atoms with Crippen LogP contribution in [0, 0.1) is 6.92 Å². The molecule has 0 aliphatic heterocycles. The highest BCUT2D eigenvalue weighted by atomic mass is 32.2. The highest BCUT2D eigenvalue weighted by Crippen LogP contribution is 2.51. The lowest BCUT2D eigenvalue weighted by Gasteiger charge is -2.26. The van der Waals surface area contributed by atoms with Gasteiger partial charge in [-0.25, -0.2) is 11.7 Å². The number of amides is 1. The Morgan fingerprint density at radius 1 is 1.15 bits per heavy atom. The Hall–Kier alpha value is -3.34. The number of hydrogen-bond acceptors (Lipinski definition) is 9. The first kappa shape index (κ1) is 30.2. The number of aryl methyl sites for hydroxylation is 1. The van der Waals surface area contributed by atoms with Gasteiger partial charge in [-0.15, -0.1) is 0 Å². The molecule has 0 bridgehead atoms. The lowest BCUT2D eigenvalue weighted by atomic mass is 9.96. The molecule has 1 fully saturated rings. The highest BCUT2D eigenvalue weighted by molar-refractivity contribution is 7.99. The van der Waals surface area contributed by atoms with Gasteiger partial charge in [-0.2, -0.15) is 0 Å². The number of carbonyl (C=O) groups excluding carboxylic acids is 1. The summed E-state index contributed by atoms with van der Waals surface area (Å²) in [6.45, 7) is 12.0. The quantitative estimate of drug-likeness (QED) is 0.108. The number of hydrazine groups is 2. The van der Waals surface area contributed by atoms with Crippen LogP contribution in [0.2, 0.25) is 0 Å². The lowest BCUT2D eigenvalue weighted by molar-refractivity contribution is 0.102. The van der Waals surface area contributed by atoms with E-state index < -0.39 is 0 Å². The number of hydrogen-bond donors (Lipinski definition) is 5. The van der Waals surface area contributed by atoms with Gasteiger partial charge in [-0.05, 0) is 93.8 Å². The SMILES string of the molecule is COc1c(NSC)cc(C2(C)CC2)cc1NC(=O)c1ccc(C)c(N(N)/C=C(N)/C(C)=C(\C)N(N)C(C)C)c1. The van der Waals surface area contributed by atoms with Crippen molar-refractivity contribution in [2.45, 2.75) is 65.8 Å². The van der Waals surface area contributed by atoms with Gasteiger partial charge in [0.05, 0.1) is 29.9 Å². The summed E-state index contributed by atoms with van der Waals surface area (Å²) in [5.41, 5.74) is 13.3. The Labute approximate surface area is 236 Å². The number of ether oxygens (including phenoxy) is 1. The van der Waals surface area contributed by atoms with Crippen LogP contribution in [0.25, 0.3) is 0 Å². The second kappa shape index (κ2) is 12.2. The topological polar surface area (TPSA) is 135 Å². The zero-order chi connectivity index (χ0) is 29.1. The second-order valence-electron chi connectivity index (χ2n) is 10.6. The second-order valence-corrected chi connectivity index (χ2v) is 11.2. The van der Waals surface area contributed by atoms with E-state index in [0.29, 0.717) is 28.4 Å². The summed E-state index contributed by atoms with van der Waals surface area (Å²) in [6, 6.07) is 9.63. The number of nitrogens with zero attached hydrogens (tertiary/aromatic N) is 2. The van der Waals surface area contributed by atoms with E-state index in [1.54, 1.807) is 30.5 Å². The first-order chi connectivity index (χ1) is 18.3. The predicted molar refractivity (Wildman–Crippen MR) is 164 cm³/mol. The summed E-state index contributed by atoms with van der Waals surface area (Å²) in [5, 5.41) is 6.16. The van der Waals surface area contributed by atoms with Crippen molar-refractivity contribution >= 4 is 34.9 Å². The number of carbonyl (C=O) groups is 1. The van der Waals surface area contributed by atoms with E-state index in [1.807, 2.05) is 53.0 Å². The van der Waals surface area contributed by atoms with E-state index >= 15 is 0 Å². The van der Waals surface area contributed by atoms with Crippen LogP contribution < -0.4 is 37.2 Å². The molecule has 10 heteroatoms. The summed E-state index contributed by atoms with van der Waals surface area (Å²) < 4.78 is 8.98. The van der Waals surface area contributed by atoms with Crippen molar-refractivity contribution in [3.8, 4) is 5.75 Å². The molecule has 0 heterocycles. The summed E-state index contributed by atoms with van der Waals surface area (Å²) >= 11 is 1.48. The number of methoxy groups -OCH3 is 1. The van der Waals surface area contributed by atoms with Crippen molar-refractivity contribution in [3.05, 3.63) is 70.2 Å². The van der Waals surface area contributed by atoms with Gasteiger partial charge >= 0.3 is 0 Å². The standard InChI is InChI=1S/C29H43N7O2S/c1-17(2)36(32)20(5)19(4)23(30)16-35(31)26-13-21(10-9-18(26)3)28(37)33-24-14-22(29(6)11-12-29)15-25(34-39-8)27(24)38-7/h9-10,13-17,34H,11-12,30-32H2,1-8H3,(H,33,37)/b20-19+,23-16-. The van der Waals surface area contributed by atoms with Gasteiger partial charge in [0.1, 0.15) is 0 Å². The minimum Gasteiger partial charge on any atom is -0.492 e. The molecular formula is C29H43N7O2S. The zero-order valence-electron chi connectivity index (χ0n) is 24.3. The van der Waals surface area contributed by atoms with E-state index in [4.69, 9.17) is 22.2 Å². The molecule has 3 rings (SSSR count). The minimum atomic E-state index is -0.268. The van der Waals surface area contributed by atoms with Gasteiger partial charge in [0.15, 0.2) is 5.75 Å². The van der Waals surface area contributed by atoms with E-state index in [1.165, 1.54) is 22.5 Å². The fourth-order valence-electron chi connectivity index (χ4n) is 4.28. The average molecular weight is 554 g/mol. The molecule has 9 nitrogen and oxygen atoms in total. The summed E-state index contributed by atoms with van der Waals surface area (Å²) in [5.74, 6) is 12.9. The molecule has 0 saturated heterocycles.